The monoisotopic (exact) mass is 1090 g/mol. The maximum Gasteiger partial charge on any atom is 0.303 e. The highest BCUT2D eigenvalue weighted by Gasteiger charge is 2.52. The van der Waals surface area contributed by atoms with Gasteiger partial charge in [-0.3, -0.25) is 23.7 Å². The lowest BCUT2D eigenvalue weighted by Crippen LogP contribution is -2.63. The number of rotatable bonds is 18. The number of para-hydroxylation sites is 1. The molecule has 3 saturated heterocycles. The van der Waals surface area contributed by atoms with Crippen molar-refractivity contribution in [3.63, 3.8) is 0 Å². The topological polar surface area (TPSA) is 169 Å². The molecular formula is C62H71N7O11. The van der Waals surface area contributed by atoms with Crippen LogP contribution in [-0.2, 0) is 54.1 Å². The predicted molar refractivity (Wildman–Crippen MR) is 306 cm³/mol. The number of anilines is 2. The predicted octanol–water partition coefficient (Wildman–Crippen LogP) is 8.37. The molecule has 3 aliphatic rings. The average molecular weight is 1090 g/mol. The van der Waals surface area contributed by atoms with E-state index in [4.69, 9.17) is 38.1 Å². The third kappa shape index (κ3) is 12.3. The largest absolute Gasteiger partial charge is 0.494 e. The van der Waals surface area contributed by atoms with E-state index in [1.165, 1.54) is 55.5 Å². The zero-order valence-electron chi connectivity index (χ0n) is 46.7. The molecule has 3 fully saturated rings. The number of benzene rings is 5. The second-order valence-corrected chi connectivity index (χ2v) is 20.8. The fourth-order valence-electron chi connectivity index (χ4n) is 11.1. The van der Waals surface area contributed by atoms with Gasteiger partial charge in [0.25, 0.3) is 0 Å². The fraction of sp³-hybridized carbons (Fsp3) is 0.403. The lowest BCUT2D eigenvalue weighted by atomic mass is 9.98. The van der Waals surface area contributed by atoms with E-state index in [0.29, 0.717) is 12.2 Å². The van der Waals surface area contributed by atoms with Crippen molar-refractivity contribution in [3.8, 4) is 45.3 Å². The van der Waals surface area contributed by atoms with Crippen molar-refractivity contribution in [2.45, 2.75) is 78.3 Å². The van der Waals surface area contributed by atoms with Crippen LogP contribution in [0.25, 0.3) is 61.4 Å². The fourth-order valence-corrected chi connectivity index (χ4v) is 11.1. The molecule has 3 aliphatic heterocycles. The highest BCUT2D eigenvalue weighted by atomic mass is 16.7. The van der Waals surface area contributed by atoms with Crippen molar-refractivity contribution in [1.82, 2.24) is 23.9 Å². The van der Waals surface area contributed by atoms with E-state index in [0.717, 1.165) is 104 Å². The molecule has 5 heterocycles. The zero-order chi connectivity index (χ0) is 56.0. The van der Waals surface area contributed by atoms with Crippen LogP contribution >= 0.6 is 0 Å². The van der Waals surface area contributed by atoms with Crippen molar-refractivity contribution in [1.29, 1.82) is 0 Å². The number of esters is 4. The van der Waals surface area contributed by atoms with E-state index in [-0.39, 0.29) is 19.8 Å². The van der Waals surface area contributed by atoms with E-state index in [9.17, 15) is 19.2 Å². The molecule has 18 heteroatoms. The molecule has 0 bridgehead atoms. The Hall–Kier alpha value is -7.77. The Bertz CT molecular complexity index is 3310. The van der Waals surface area contributed by atoms with Crippen molar-refractivity contribution in [2.75, 3.05) is 96.1 Å². The molecule has 0 N–H and O–H groups in total. The minimum atomic E-state index is -1.33. The van der Waals surface area contributed by atoms with Gasteiger partial charge in [0.2, 0.25) is 0 Å². The Labute approximate surface area is 466 Å². The normalized spacial score (nSPS) is 20.0. The van der Waals surface area contributed by atoms with Gasteiger partial charge in [-0.1, -0.05) is 42.5 Å². The summed E-state index contributed by atoms with van der Waals surface area (Å²) in [6.45, 7) is 15.6. The minimum absolute atomic E-state index is 0.0571. The maximum atomic E-state index is 12.4. The number of aromatic nitrogens is 3. The lowest BCUT2D eigenvalue weighted by molar-refractivity contribution is -0.308. The molecule has 5 aromatic carbocycles. The van der Waals surface area contributed by atoms with Crippen molar-refractivity contribution < 1.29 is 52.3 Å². The van der Waals surface area contributed by atoms with Crippen LogP contribution in [0.1, 0.15) is 41.0 Å². The summed E-state index contributed by atoms with van der Waals surface area (Å²) < 4.78 is 45.1. The molecule has 10 rings (SSSR count). The maximum absolute atomic E-state index is 12.4. The van der Waals surface area contributed by atoms with Gasteiger partial charge in [-0.2, -0.15) is 0 Å². The molecule has 0 unspecified atom stereocenters. The highest BCUT2D eigenvalue weighted by Crippen LogP contribution is 2.42. The Morgan fingerprint density at radius 3 is 1.73 bits per heavy atom. The molecule has 0 aliphatic carbocycles. The highest BCUT2D eigenvalue weighted by molar-refractivity contribution is 6.09. The summed E-state index contributed by atoms with van der Waals surface area (Å²) in [5.41, 5.74) is 10.5. The van der Waals surface area contributed by atoms with Crippen LogP contribution in [0.2, 0.25) is 0 Å². The van der Waals surface area contributed by atoms with Crippen molar-refractivity contribution in [2.24, 2.45) is 0 Å². The summed E-state index contributed by atoms with van der Waals surface area (Å²) in [5.74, 6) is -1.34. The van der Waals surface area contributed by atoms with Gasteiger partial charge in [-0.15, -0.1) is 0 Å². The van der Waals surface area contributed by atoms with Gasteiger partial charge in [-0.05, 0) is 93.8 Å². The first-order chi connectivity index (χ1) is 38.7. The SMILES string of the molecule is CCn1c2ccccc2c2cc(-c3nc(-c4ccc(N5CCN(C)CC5)cc4)c(-c4ccc(N5CCN(C)CC5)cc4)n3-c3ccc(OCCCO[C@@H]4O[C@H](COC(C)=O)[C@@H](OC(C)=O)[C@H](OC(C)=O)[C@H]4OC(C)=O)cc3)ccc21. The number of likely N-dealkylation sites (N-methyl/N-ethyl adjacent to an activating group) is 2. The molecule has 0 radical (unpaired) electrons. The lowest BCUT2D eigenvalue weighted by Gasteiger charge is -2.44. The van der Waals surface area contributed by atoms with Gasteiger partial charge in [0.15, 0.2) is 24.6 Å². The van der Waals surface area contributed by atoms with Crippen molar-refractivity contribution in [3.05, 3.63) is 115 Å². The van der Waals surface area contributed by atoms with Gasteiger partial charge >= 0.3 is 23.9 Å². The third-order valence-electron chi connectivity index (χ3n) is 15.1. The van der Waals surface area contributed by atoms with Crippen LogP contribution in [0, 0.1) is 0 Å². The molecule has 420 valence electrons. The summed E-state index contributed by atoms with van der Waals surface area (Å²) in [4.78, 5) is 64.1. The molecule has 18 nitrogen and oxygen atoms in total. The Morgan fingerprint density at radius 1 is 0.575 bits per heavy atom. The summed E-state index contributed by atoms with van der Waals surface area (Å²) in [5, 5.41) is 2.35. The number of hydrogen-bond donors (Lipinski definition) is 0. The Balaban J connectivity index is 0.971. The molecule has 0 amide bonds. The number of carbonyl (C=O) groups is 4. The first-order valence-electron chi connectivity index (χ1n) is 27.6. The number of ether oxygens (including phenoxy) is 7. The van der Waals surface area contributed by atoms with Crippen LogP contribution in [0.15, 0.2) is 115 Å². The van der Waals surface area contributed by atoms with Crippen LogP contribution in [0.3, 0.4) is 0 Å². The average Bonchev–Trinajstić information content (AvgIpc) is 3.97. The second kappa shape index (κ2) is 24.7. The zero-order valence-corrected chi connectivity index (χ0v) is 46.7. The summed E-state index contributed by atoms with van der Waals surface area (Å²) >= 11 is 0. The summed E-state index contributed by atoms with van der Waals surface area (Å²) in [6, 6.07) is 41.1. The van der Waals surface area contributed by atoms with E-state index < -0.39 is 54.6 Å². The Kier molecular flexibility index (Phi) is 17.2. The van der Waals surface area contributed by atoms with E-state index >= 15 is 0 Å². The van der Waals surface area contributed by atoms with Crippen LogP contribution in [0.4, 0.5) is 11.4 Å². The first kappa shape index (κ1) is 55.5. The number of hydrogen-bond acceptors (Lipinski definition) is 16. The van der Waals surface area contributed by atoms with Crippen LogP contribution < -0.4 is 14.5 Å². The smallest absolute Gasteiger partial charge is 0.303 e. The minimum Gasteiger partial charge on any atom is -0.494 e. The third-order valence-corrected chi connectivity index (χ3v) is 15.1. The van der Waals surface area contributed by atoms with Gasteiger partial charge in [0.1, 0.15) is 24.3 Å². The standard InChI is InChI=1S/C62H71N7O11/c1-8-68-53-13-10-9-12-51(53)52-38-46(18-27-54(52)68)61-63-56(44-14-19-47(20-15-44)66-32-28-64(6)29-33-66)57(45-16-21-48(22-17-45)67-34-30-65(7)31-35-67)69(61)49-23-25-50(26-24-49)74-36-11-37-75-62-60(79-43(5)73)59(78-42(4)72)58(77-41(3)71)55(80-62)39-76-40(2)70/h9-10,12-27,38,55,58-60,62H,8,11,28-37,39H2,1-7H3/t55-,58-,59+,60-,62-/m1/s1. The number of carbonyl (C=O) groups excluding carboxylic acids is 4. The van der Waals surface area contributed by atoms with Crippen LogP contribution in [0.5, 0.6) is 5.75 Å². The van der Waals surface area contributed by atoms with Gasteiger partial charge in [-0.25, -0.2) is 4.98 Å². The van der Waals surface area contributed by atoms with E-state index in [1.807, 2.05) is 12.1 Å². The van der Waals surface area contributed by atoms with Gasteiger partial charge in [0, 0.05) is 149 Å². The quantitative estimate of drug-likeness (QED) is 0.0456. The number of aryl methyl sites for hydroxylation is 1. The van der Waals surface area contributed by atoms with E-state index in [2.05, 4.69) is 153 Å². The van der Waals surface area contributed by atoms with Gasteiger partial charge in [0.05, 0.1) is 24.6 Å². The molecule has 0 spiro atoms. The first-order valence-corrected chi connectivity index (χ1v) is 27.6. The summed E-state index contributed by atoms with van der Waals surface area (Å²) in [6.07, 6.45) is -5.98. The van der Waals surface area contributed by atoms with Crippen LogP contribution in [-0.4, -0.2) is 165 Å². The number of piperazine rings is 2. The molecular weight excluding hydrogens is 1020 g/mol. The van der Waals surface area contributed by atoms with E-state index in [1.54, 1.807) is 0 Å². The second-order valence-electron chi connectivity index (χ2n) is 20.8. The number of imidazole rings is 1. The molecule has 80 heavy (non-hydrogen) atoms. The van der Waals surface area contributed by atoms with Crippen molar-refractivity contribution >= 4 is 57.1 Å². The Morgan fingerprint density at radius 2 is 1.12 bits per heavy atom. The molecule has 2 aromatic heterocycles. The number of fused-ring (bicyclic) bond motifs is 3. The van der Waals surface area contributed by atoms with Gasteiger partial charge < -0.3 is 57.3 Å². The summed E-state index contributed by atoms with van der Waals surface area (Å²) in [7, 11) is 4.35. The molecule has 5 atom stereocenters. The molecule has 0 saturated carbocycles. The number of nitrogens with zero attached hydrogens (tertiary/aromatic N) is 7. The molecule has 7 aromatic rings.